The molecule has 23 heavy (non-hydrogen) atoms. The van der Waals surface area contributed by atoms with Crippen LogP contribution in [0.15, 0.2) is 39.6 Å². The molecule has 0 atom stereocenters. The van der Waals surface area contributed by atoms with Crippen molar-refractivity contribution in [2.75, 3.05) is 5.32 Å². The van der Waals surface area contributed by atoms with E-state index in [1.807, 2.05) is 0 Å². The van der Waals surface area contributed by atoms with Gasteiger partial charge in [0.15, 0.2) is 0 Å². The maximum Gasteiger partial charge on any atom is 0.281 e. The van der Waals surface area contributed by atoms with Crippen molar-refractivity contribution in [3.8, 4) is 0 Å². The molecular weight excluding hydrogens is 377 g/mol. The molecule has 3 N–H and O–H groups in total. The lowest BCUT2D eigenvalue weighted by atomic mass is 10.2. The Morgan fingerprint density at radius 2 is 2.09 bits per heavy atom. The Hall–Kier alpha value is -2.27. The van der Waals surface area contributed by atoms with Gasteiger partial charge in [-0.05, 0) is 29.3 Å². The van der Waals surface area contributed by atoms with Crippen molar-refractivity contribution in [1.82, 2.24) is 10.0 Å². The third kappa shape index (κ3) is 3.93. The zero-order valence-corrected chi connectivity index (χ0v) is 13.3. The lowest BCUT2D eigenvalue weighted by Gasteiger charge is -2.15. The Kier molecular flexibility index (Phi) is 5.45. The molecule has 2 aromatic rings. The van der Waals surface area contributed by atoms with Gasteiger partial charge in [-0.25, -0.2) is 9.65 Å². The topological polar surface area (TPSA) is 102 Å². The number of carbonyl (C=O) groups excluding carboxylic acids is 1. The molecule has 1 aromatic carbocycles. The van der Waals surface area contributed by atoms with Gasteiger partial charge in [0, 0.05) is 17.6 Å². The fourth-order valence-corrected chi connectivity index (χ4v) is 2.13. The SMILES string of the molecule is Cn1c(Nc2ccc(Br)cc2F)c(C(=O)NOOO)ccc1=O. The highest BCUT2D eigenvalue weighted by atomic mass is 79.9. The van der Waals surface area contributed by atoms with E-state index >= 15 is 0 Å². The van der Waals surface area contributed by atoms with Gasteiger partial charge in [0.2, 0.25) is 0 Å². The summed E-state index contributed by atoms with van der Waals surface area (Å²) in [7, 11) is 1.40. The van der Waals surface area contributed by atoms with Crippen molar-refractivity contribution in [3.05, 3.63) is 56.5 Å². The average Bonchev–Trinajstić information content (AvgIpc) is 2.52. The van der Waals surface area contributed by atoms with E-state index in [-0.39, 0.29) is 17.1 Å². The van der Waals surface area contributed by atoms with Gasteiger partial charge in [-0.1, -0.05) is 20.9 Å². The zero-order chi connectivity index (χ0) is 17.0. The van der Waals surface area contributed by atoms with E-state index in [0.29, 0.717) is 4.47 Å². The fourth-order valence-electron chi connectivity index (χ4n) is 1.80. The van der Waals surface area contributed by atoms with Crippen LogP contribution in [0.5, 0.6) is 0 Å². The Morgan fingerprint density at radius 1 is 1.35 bits per heavy atom. The van der Waals surface area contributed by atoms with Crippen LogP contribution in [-0.4, -0.2) is 15.7 Å². The Labute approximate surface area is 137 Å². The molecule has 0 saturated carbocycles. The number of carbonyl (C=O) groups is 1. The summed E-state index contributed by atoms with van der Waals surface area (Å²) in [5, 5.41) is 14.0. The number of aromatic nitrogens is 1. The molecule has 1 heterocycles. The molecule has 10 heteroatoms. The predicted molar refractivity (Wildman–Crippen MR) is 81.3 cm³/mol. The summed E-state index contributed by atoms with van der Waals surface area (Å²) < 4.78 is 15.6. The molecule has 0 aliphatic rings. The fraction of sp³-hybridized carbons (Fsp3) is 0.0769. The van der Waals surface area contributed by atoms with Crippen LogP contribution >= 0.6 is 15.9 Å². The van der Waals surface area contributed by atoms with Gasteiger partial charge in [-0.15, -0.1) is 0 Å². The minimum Gasteiger partial charge on any atom is -0.339 e. The van der Waals surface area contributed by atoms with Gasteiger partial charge in [-0.3, -0.25) is 14.2 Å². The van der Waals surface area contributed by atoms with E-state index in [2.05, 4.69) is 31.3 Å². The normalized spacial score (nSPS) is 10.4. The monoisotopic (exact) mass is 387 g/mol. The largest absolute Gasteiger partial charge is 0.339 e. The number of hydrogen-bond donors (Lipinski definition) is 3. The molecule has 1 amide bonds. The number of nitrogens with zero attached hydrogens (tertiary/aromatic N) is 1. The van der Waals surface area contributed by atoms with Gasteiger partial charge >= 0.3 is 0 Å². The van der Waals surface area contributed by atoms with E-state index in [4.69, 9.17) is 5.26 Å². The first kappa shape index (κ1) is 17.1. The number of anilines is 2. The molecule has 0 bridgehead atoms. The second kappa shape index (κ2) is 7.33. The lowest BCUT2D eigenvalue weighted by Crippen LogP contribution is -2.28. The number of rotatable bonds is 5. The summed E-state index contributed by atoms with van der Waals surface area (Å²) in [5.74, 6) is -1.38. The first-order valence-electron chi connectivity index (χ1n) is 6.13. The second-order valence-corrected chi connectivity index (χ2v) is 5.25. The molecule has 0 saturated heterocycles. The van der Waals surface area contributed by atoms with Gasteiger partial charge in [0.05, 0.1) is 11.3 Å². The van der Waals surface area contributed by atoms with E-state index in [1.54, 1.807) is 11.5 Å². The Morgan fingerprint density at radius 3 is 2.74 bits per heavy atom. The summed E-state index contributed by atoms with van der Waals surface area (Å²) in [4.78, 5) is 27.6. The van der Waals surface area contributed by atoms with Gasteiger partial charge in [0.1, 0.15) is 11.6 Å². The summed E-state index contributed by atoms with van der Waals surface area (Å²) >= 11 is 3.13. The van der Waals surface area contributed by atoms with Crippen molar-refractivity contribution in [2.24, 2.45) is 7.05 Å². The molecular formula is C13H11BrFN3O5. The second-order valence-electron chi connectivity index (χ2n) is 4.33. The first-order valence-corrected chi connectivity index (χ1v) is 6.93. The number of halogens is 2. The number of hydrogen-bond acceptors (Lipinski definition) is 6. The molecule has 0 spiro atoms. The van der Waals surface area contributed by atoms with Crippen molar-refractivity contribution in [2.45, 2.75) is 0 Å². The number of pyridine rings is 1. The highest BCUT2D eigenvalue weighted by Gasteiger charge is 2.17. The van der Waals surface area contributed by atoms with Gasteiger partial charge in [0.25, 0.3) is 11.5 Å². The van der Waals surface area contributed by atoms with Crippen molar-refractivity contribution in [3.63, 3.8) is 0 Å². The molecule has 0 unspecified atom stereocenters. The minimum absolute atomic E-state index is 0.0257. The summed E-state index contributed by atoms with van der Waals surface area (Å²) in [6.07, 6.45) is 0. The quantitative estimate of drug-likeness (QED) is 0.536. The average molecular weight is 388 g/mol. The van der Waals surface area contributed by atoms with Gasteiger partial charge < -0.3 is 5.32 Å². The first-order chi connectivity index (χ1) is 10.9. The molecule has 2 rings (SSSR count). The smallest absolute Gasteiger partial charge is 0.281 e. The predicted octanol–water partition coefficient (Wildman–Crippen LogP) is 2.10. The van der Waals surface area contributed by atoms with Crippen LogP contribution in [0.1, 0.15) is 10.4 Å². The zero-order valence-electron chi connectivity index (χ0n) is 11.7. The highest BCUT2D eigenvalue weighted by Crippen LogP contribution is 2.24. The number of amides is 1. The van der Waals surface area contributed by atoms with Crippen LogP contribution < -0.4 is 16.4 Å². The maximum absolute atomic E-state index is 13.9. The lowest BCUT2D eigenvalue weighted by molar-refractivity contribution is -0.508. The highest BCUT2D eigenvalue weighted by molar-refractivity contribution is 9.10. The standard InChI is InChI=1S/C13H11BrFN3O5/c1-18-11(19)5-3-8(13(20)17-22-23-21)12(18)16-10-4-2-7(14)6-9(10)15/h2-6,16,21H,1H3,(H,17,20). The maximum atomic E-state index is 13.9. The van der Waals surface area contributed by atoms with Gasteiger partial charge in [-0.2, -0.15) is 5.48 Å². The summed E-state index contributed by atoms with van der Waals surface area (Å²) in [5.41, 5.74) is 1.38. The number of nitrogens with one attached hydrogen (secondary N) is 2. The van der Waals surface area contributed by atoms with E-state index in [0.717, 1.165) is 10.6 Å². The molecule has 1 aromatic heterocycles. The molecule has 0 radical (unpaired) electrons. The van der Waals surface area contributed by atoms with Crippen LogP contribution in [0.2, 0.25) is 0 Å². The van der Waals surface area contributed by atoms with E-state index in [9.17, 15) is 14.0 Å². The van der Waals surface area contributed by atoms with Crippen molar-refractivity contribution >= 4 is 33.3 Å². The Bertz CT molecular complexity index is 796. The number of benzene rings is 1. The van der Waals surface area contributed by atoms with Crippen LogP contribution in [-0.2, 0) is 17.1 Å². The molecule has 0 aliphatic heterocycles. The van der Waals surface area contributed by atoms with E-state index in [1.165, 1.54) is 25.2 Å². The minimum atomic E-state index is -0.824. The van der Waals surface area contributed by atoms with Crippen LogP contribution in [0.25, 0.3) is 0 Å². The van der Waals surface area contributed by atoms with E-state index < -0.39 is 17.3 Å². The van der Waals surface area contributed by atoms with Crippen molar-refractivity contribution < 1.29 is 24.5 Å². The molecule has 8 nitrogen and oxygen atoms in total. The molecule has 122 valence electrons. The Balaban J connectivity index is 2.45. The molecule has 0 fully saturated rings. The van der Waals surface area contributed by atoms with Crippen LogP contribution in [0.3, 0.4) is 0 Å². The summed E-state index contributed by atoms with van der Waals surface area (Å²) in [6.45, 7) is 0. The molecule has 0 aliphatic carbocycles. The van der Waals surface area contributed by atoms with Crippen molar-refractivity contribution in [1.29, 1.82) is 0 Å². The van der Waals surface area contributed by atoms with Crippen LogP contribution in [0.4, 0.5) is 15.9 Å². The summed E-state index contributed by atoms with van der Waals surface area (Å²) in [6, 6.07) is 6.63. The van der Waals surface area contributed by atoms with Crippen LogP contribution in [0, 0.1) is 5.82 Å². The third-order valence-corrected chi connectivity index (χ3v) is 3.41. The number of hydroxylamine groups is 1. The third-order valence-electron chi connectivity index (χ3n) is 2.91.